The maximum atomic E-state index is 12.7. The number of amides is 1. The van der Waals surface area contributed by atoms with Crippen molar-refractivity contribution in [1.82, 2.24) is 10.2 Å². The molecule has 2 aromatic rings. The fraction of sp³-hybridized carbons (Fsp3) is 0.400. The minimum absolute atomic E-state index is 0.0245. The zero-order chi connectivity index (χ0) is 20.8. The summed E-state index contributed by atoms with van der Waals surface area (Å²) in [4.78, 5) is 37.3. The summed E-state index contributed by atoms with van der Waals surface area (Å²) in [6, 6.07) is 7.06. The van der Waals surface area contributed by atoms with Gasteiger partial charge in [0.25, 0.3) is 11.6 Å². The molecular weight excluding hydrogens is 378 g/mol. The van der Waals surface area contributed by atoms with Crippen molar-refractivity contribution < 1.29 is 23.7 Å². The van der Waals surface area contributed by atoms with E-state index in [4.69, 9.17) is 4.42 Å². The summed E-state index contributed by atoms with van der Waals surface area (Å²) in [5.74, 6) is -0.501. The Morgan fingerprint density at radius 1 is 1.24 bits per heavy atom. The molecule has 1 aliphatic rings. The van der Waals surface area contributed by atoms with E-state index < -0.39 is 16.8 Å². The van der Waals surface area contributed by atoms with E-state index in [0.717, 1.165) is 43.8 Å². The third kappa shape index (κ3) is 5.00. The number of piperidine rings is 1. The van der Waals surface area contributed by atoms with Gasteiger partial charge in [0.2, 0.25) is 0 Å². The van der Waals surface area contributed by atoms with Gasteiger partial charge in [-0.1, -0.05) is 6.42 Å². The number of esters is 1. The number of likely N-dealkylation sites (tertiary alicyclic amines) is 1. The Balaban J connectivity index is 1.78. The van der Waals surface area contributed by atoms with Crippen molar-refractivity contribution in [3.63, 3.8) is 0 Å². The average molecular weight is 401 g/mol. The van der Waals surface area contributed by atoms with Crippen molar-refractivity contribution in [2.45, 2.75) is 25.3 Å². The minimum atomic E-state index is -0.746. The smallest absolute Gasteiger partial charge is 0.338 e. The van der Waals surface area contributed by atoms with Gasteiger partial charge in [-0.25, -0.2) is 4.79 Å². The summed E-state index contributed by atoms with van der Waals surface area (Å²) >= 11 is 0. The van der Waals surface area contributed by atoms with Crippen molar-refractivity contribution in [3.8, 4) is 0 Å². The van der Waals surface area contributed by atoms with E-state index in [0.29, 0.717) is 0 Å². The number of methoxy groups -OCH3 is 1. The number of nitro benzene ring substituents is 1. The fourth-order valence-electron chi connectivity index (χ4n) is 3.50. The molecule has 3 rings (SSSR count). The van der Waals surface area contributed by atoms with Crippen LogP contribution in [0.5, 0.6) is 0 Å². The first-order chi connectivity index (χ1) is 14.0. The molecule has 0 bridgehead atoms. The second-order valence-corrected chi connectivity index (χ2v) is 6.86. The number of hydrogen-bond acceptors (Lipinski definition) is 7. The largest absolute Gasteiger partial charge is 0.468 e. The number of non-ortho nitro benzene ring substituents is 1. The van der Waals surface area contributed by atoms with Gasteiger partial charge in [-0.3, -0.25) is 19.8 Å². The van der Waals surface area contributed by atoms with Crippen LogP contribution in [-0.2, 0) is 4.74 Å². The van der Waals surface area contributed by atoms with Crippen LogP contribution in [0.3, 0.4) is 0 Å². The number of benzene rings is 1. The molecule has 0 spiro atoms. The molecule has 1 amide bonds. The molecule has 1 saturated heterocycles. The van der Waals surface area contributed by atoms with E-state index in [-0.39, 0.29) is 29.4 Å². The monoisotopic (exact) mass is 401 g/mol. The van der Waals surface area contributed by atoms with Gasteiger partial charge in [0.1, 0.15) is 5.76 Å². The molecule has 1 aromatic carbocycles. The summed E-state index contributed by atoms with van der Waals surface area (Å²) in [6.45, 7) is 2.09. The summed E-state index contributed by atoms with van der Waals surface area (Å²) < 4.78 is 10.2. The molecule has 154 valence electrons. The molecule has 9 nitrogen and oxygen atoms in total. The second kappa shape index (κ2) is 9.33. The van der Waals surface area contributed by atoms with Crippen LogP contribution >= 0.6 is 0 Å². The van der Waals surface area contributed by atoms with Crippen molar-refractivity contribution in [2.75, 3.05) is 26.7 Å². The van der Waals surface area contributed by atoms with Gasteiger partial charge < -0.3 is 14.5 Å². The molecule has 9 heteroatoms. The van der Waals surface area contributed by atoms with Gasteiger partial charge in [-0.2, -0.15) is 0 Å². The van der Waals surface area contributed by atoms with Crippen molar-refractivity contribution in [3.05, 3.63) is 63.6 Å². The van der Waals surface area contributed by atoms with Crippen LogP contribution in [0, 0.1) is 10.1 Å². The first-order valence-electron chi connectivity index (χ1n) is 9.43. The summed E-state index contributed by atoms with van der Waals surface area (Å²) in [5, 5.41) is 14.0. The van der Waals surface area contributed by atoms with Gasteiger partial charge in [0.05, 0.1) is 29.9 Å². The molecule has 0 aliphatic carbocycles. The Morgan fingerprint density at radius 3 is 2.59 bits per heavy atom. The standard InChI is InChI=1S/C20H23N3O6/c1-28-20(25)15-10-14(11-16(12-15)23(26)27)19(24)21-13-17(18-6-5-9-29-18)22-7-3-2-4-8-22/h5-6,9-12,17H,2-4,7-8,13H2,1H3,(H,21,24). The van der Waals surface area contributed by atoms with Crippen molar-refractivity contribution in [2.24, 2.45) is 0 Å². The predicted octanol–water partition coefficient (Wildman–Crippen LogP) is 2.93. The number of ether oxygens (including phenoxy) is 1. The number of rotatable bonds is 7. The lowest BCUT2D eigenvalue weighted by molar-refractivity contribution is -0.384. The van der Waals surface area contributed by atoms with E-state index in [1.807, 2.05) is 6.07 Å². The lowest BCUT2D eigenvalue weighted by Gasteiger charge is -2.33. The van der Waals surface area contributed by atoms with Gasteiger partial charge >= 0.3 is 5.97 Å². The first kappa shape index (κ1) is 20.5. The van der Waals surface area contributed by atoms with Gasteiger partial charge in [-0.15, -0.1) is 0 Å². The van der Waals surface area contributed by atoms with E-state index in [1.165, 1.54) is 19.6 Å². The quantitative estimate of drug-likeness (QED) is 0.431. The molecule has 0 radical (unpaired) electrons. The number of hydrogen-bond donors (Lipinski definition) is 1. The van der Waals surface area contributed by atoms with E-state index in [1.54, 1.807) is 12.3 Å². The van der Waals surface area contributed by atoms with Crippen LogP contribution in [0.4, 0.5) is 5.69 Å². The number of nitrogens with zero attached hydrogens (tertiary/aromatic N) is 2. The van der Waals surface area contributed by atoms with E-state index >= 15 is 0 Å². The molecular formula is C20H23N3O6. The third-order valence-corrected chi connectivity index (χ3v) is 4.97. The second-order valence-electron chi connectivity index (χ2n) is 6.86. The molecule has 1 unspecified atom stereocenters. The summed E-state index contributed by atoms with van der Waals surface area (Å²) in [7, 11) is 1.17. The van der Waals surface area contributed by atoms with Crippen LogP contribution in [0.15, 0.2) is 41.0 Å². The zero-order valence-electron chi connectivity index (χ0n) is 16.1. The van der Waals surface area contributed by atoms with Crippen LogP contribution in [-0.4, -0.2) is 48.4 Å². The number of nitro groups is 1. The number of carbonyl (C=O) groups excluding carboxylic acids is 2. The van der Waals surface area contributed by atoms with Crippen molar-refractivity contribution in [1.29, 1.82) is 0 Å². The van der Waals surface area contributed by atoms with Gasteiger partial charge in [0, 0.05) is 24.2 Å². The van der Waals surface area contributed by atoms with E-state index in [2.05, 4.69) is 15.0 Å². The molecule has 1 atom stereocenters. The lowest BCUT2D eigenvalue weighted by atomic mass is 10.1. The normalized spacial score (nSPS) is 15.5. The highest BCUT2D eigenvalue weighted by Crippen LogP contribution is 2.25. The van der Waals surface area contributed by atoms with Crippen molar-refractivity contribution >= 4 is 17.6 Å². The highest BCUT2D eigenvalue weighted by Gasteiger charge is 2.26. The summed E-state index contributed by atoms with van der Waals surface area (Å²) in [5.41, 5.74) is -0.376. The Morgan fingerprint density at radius 2 is 1.97 bits per heavy atom. The minimum Gasteiger partial charge on any atom is -0.468 e. The van der Waals surface area contributed by atoms with Gasteiger partial charge in [-0.05, 0) is 44.1 Å². The average Bonchev–Trinajstić information content (AvgIpc) is 3.28. The number of carbonyl (C=O) groups is 2. The van der Waals surface area contributed by atoms with E-state index in [9.17, 15) is 19.7 Å². The molecule has 1 aliphatic heterocycles. The van der Waals surface area contributed by atoms with Crippen LogP contribution in [0.25, 0.3) is 0 Å². The SMILES string of the molecule is COC(=O)c1cc(C(=O)NCC(c2ccco2)N2CCCCC2)cc([N+](=O)[O-])c1. The number of furan rings is 1. The molecule has 0 saturated carbocycles. The first-order valence-corrected chi connectivity index (χ1v) is 9.43. The topological polar surface area (TPSA) is 115 Å². The van der Waals surface area contributed by atoms with Gasteiger partial charge in [0.15, 0.2) is 0 Å². The lowest BCUT2D eigenvalue weighted by Crippen LogP contribution is -2.40. The molecule has 1 aromatic heterocycles. The van der Waals surface area contributed by atoms with Crippen LogP contribution in [0.2, 0.25) is 0 Å². The fourth-order valence-corrected chi connectivity index (χ4v) is 3.50. The summed E-state index contributed by atoms with van der Waals surface area (Å²) in [6.07, 6.45) is 4.94. The Kier molecular flexibility index (Phi) is 6.61. The zero-order valence-corrected chi connectivity index (χ0v) is 16.1. The maximum Gasteiger partial charge on any atom is 0.338 e. The van der Waals surface area contributed by atoms with Crippen LogP contribution in [0.1, 0.15) is 51.8 Å². The predicted molar refractivity (Wildman–Crippen MR) is 104 cm³/mol. The molecule has 1 fully saturated rings. The van der Waals surface area contributed by atoms with Crippen LogP contribution < -0.4 is 5.32 Å². The highest BCUT2D eigenvalue weighted by molar-refractivity contribution is 5.99. The molecule has 29 heavy (non-hydrogen) atoms. The maximum absolute atomic E-state index is 12.7. The Hall–Kier alpha value is -3.20. The highest BCUT2D eigenvalue weighted by atomic mass is 16.6. The third-order valence-electron chi connectivity index (χ3n) is 4.97. The molecule has 1 N–H and O–H groups in total. The Labute approximate surface area is 167 Å². The number of nitrogens with one attached hydrogen (secondary N) is 1. The Bertz CT molecular complexity index is 874. The molecule has 2 heterocycles.